The van der Waals surface area contributed by atoms with Crippen LogP contribution in [0.5, 0.6) is 0 Å². The molecular weight excluding hydrogens is 616 g/mol. The van der Waals surface area contributed by atoms with Gasteiger partial charge in [0.25, 0.3) is 0 Å². The third-order valence-corrected chi connectivity index (χ3v) is 5.67. The average Bonchev–Trinajstić information content (AvgIpc) is 1.64. The van der Waals surface area contributed by atoms with Gasteiger partial charge in [0, 0.05) is 0 Å². The molecule has 0 aliphatic carbocycles. The summed E-state index contributed by atoms with van der Waals surface area (Å²) in [5, 5.41) is 0. The normalized spacial score (nSPS) is 12.8. The van der Waals surface area contributed by atoms with E-state index in [1.807, 2.05) is 0 Å². The summed E-state index contributed by atoms with van der Waals surface area (Å²) in [5.41, 5.74) is 0. The first-order chi connectivity index (χ1) is 7.41. The molecule has 0 N–H and O–H groups in total. The van der Waals surface area contributed by atoms with E-state index >= 15 is 0 Å². The van der Waals surface area contributed by atoms with Crippen molar-refractivity contribution in [3.05, 3.63) is 0 Å². The molecule has 0 bridgehead atoms. The minimum atomic E-state index is -6.07. The number of rotatable bonds is 4. The van der Waals surface area contributed by atoms with Crippen LogP contribution in [0.3, 0.4) is 0 Å². The molecule has 0 atom stereocenters. The van der Waals surface area contributed by atoms with Gasteiger partial charge in [-0.25, -0.2) is 0 Å². The maximum Gasteiger partial charge on any atom is 4.00 e. The van der Waals surface area contributed by atoms with E-state index in [0.717, 1.165) is 0 Å². The van der Waals surface area contributed by atoms with Crippen molar-refractivity contribution >= 4 is 0 Å². The summed E-state index contributed by atoms with van der Waals surface area (Å²) in [6.45, 7) is 0. The molecular formula is Cr4O14W. The van der Waals surface area contributed by atoms with Crippen molar-refractivity contribution in [2.45, 2.75) is 0 Å². The van der Waals surface area contributed by atoms with E-state index in [1.165, 1.54) is 0 Å². The zero-order valence-electron chi connectivity index (χ0n) is 7.76. The Bertz CT molecular complexity index is 532. The van der Waals surface area contributed by atoms with Gasteiger partial charge in [0.2, 0.25) is 0 Å². The van der Waals surface area contributed by atoms with Gasteiger partial charge in [0.15, 0.2) is 0 Å². The van der Waals surface area contributed by atoms with Crippen molar-refractivity contribution in [2.75, 3.05) is 0 Å². The zero-order chi connectivity index (χ0) is 15.4. The molecule has 0 aromatic carbocycles. The first-order valence-electron chi connectivity index (χ1n) is 2.67. The second kappa shape index (κ2) is 8.43. The predicted octanol–water partition coefficient (Wildman–Crippen LogP) is -5.86. The topological polar surface area (TPSA) is 247 Å². The largest absolute Gasteiger partial charge is 4.00 e. The van der Waals surface area contributed by atoms with Crippen molar-refractivity contribution in [3.8, 4) is 0 Å². The predicted molar refractivity (Wildman–Crippen MR) is 7.66 cm³/mol. The molecule has 0 radical (unpaired) electrons. The van der Waals surface area contributed by atoms with Crippen LogP contribution in [0.4, 0.5) is 0 Å². The van der Waals surface area contributed by atoms with Crippen LogP contribution in [0.1, 0.15) is 0 Å². The van der Waals surface area contributed by atoms with Crippen LogP contribution in [0.2, 0.25) is 0 Å². The van der Waals surface area contributed by atoms with Crippen LogP contribution < -0.4 is 16.6 Å². The van der Waals surface area contributed by atoms with Crippen molar-refractivity contribution in [2.24, 2.45) is 0 Å². The second-order valence-corrected chi connectivity index (χ2v) is 9.05. The SMILES string of the molecule is [O]=[Cr](=[O])([O-])[O][Cr](=[O])(=[O])[O-].[O]=[Cr](=[O])([O-])[O][Cr](=[O])(=[O])[O-].[W+4]. The fraction of sp³-hybridized carbons (Fsp3) is 0. The molecule has 0 aliphatic heterocycles. The molecule has 0 aliphatic rings. The van der Waals surface area contributed by atoms with Gasteiger partial charge in [-0.3, -0.25) is 0 Å². The minimum absolute atomic E-state index is 0. The first kappa shape index (κ1) is 25.0. The summed E-state index contributed by atoms with van der Waals surface area (Å²) in [7, 11) is 0. The van der Waals surface area contributed by atoms with E-state index in [1.54, 1.807) is 0 Å². The second-order valence-electron chi connectivity index (χ2n) is 1.77. The average molecular weight is 616 g/mol. The first-order valence-corrected chi connectivity index (χ1v) is 11.0. The van der Waals surface area contributed by atoms with Gasteiger partial charge in [-0.15, -0.1) is 0 Å². The molecule has 0 aromatic rings. The molecule has 0 aromatic heterocycles. The van der Waals surface area contributed by atoms with Crippen LogP contribution >= 0.6 is 0 Å². The van der Waals surface area contributed by atoms with Crippen LogP contribution in [-0.4, -0.2) is 0 Å². The van der Waals surface area contributed by atoms with Gasteiger partial charge in [-0.05, 0) is 0 Å². The van der Waals surface area contributed by atoms with Crippen LogP contribution in [-0.2, 0) is 112 Å². The Morgan fingerprint density at radius 3 is 0.579 bits per heavy atom. The molecule has 0 fully saturated rings. The molecule has 14 nitrogen and oxygen atoms in total. The van der Waals surface area contributed by atoms with Crippen molar-refractivity contribution in [1.82, 2.24) is 0 Å². The third-order valence-electron chi connectivity index (χ3n) is 0.333. The molecule has 19 heteroatoms. The molecule has 0 saturated carbocycles. The maximum absolute atomic E-state index is 9.38. The summed E-state index contributed by atoms with van der Waals surface area (Å²) in [5.74, 6) is 0. The van der Waals surface area contributed by atoms with Crippen LogP contribution in [0.25, 0.3) is 0 Å². The maximum atomic E-state index is 9.38. The van der Waals surface area contributed by atoms with Crippen LogP contribution in [0, 0.1) is 0 Å². The number of hydrogen-bond donors (Lipinski definition) is 0. The molecule has 0 unspecified atom stereocenters. The Kier molecular flexibility index (Phi) is 11.1. The Morgan fingerprint density at radius 1 is 0.474 bits per heavy atom. The Labute approximate surface area is 127 Å². The summed E-state index contributed by atoms with van der Waals surface area (Å²) < 4.78 is 118. The summed E-state index contributed by atoms with van der Waals surface area (Å²) in [6, 6.07) is 0. The monoisotopic (exact) mass is 616 g/mol. The zero-order valence-corrected chi connectivity index (χ0v) is 15.8. The Hall–Kier alpha value is 0.978. The van der Waals surface area contributed by atoms with Gasteiger partial charge >= 0.3 is 128 Å². The summed E-state index contributed by atoms with van der Waals surface area (Å²) in [4.78, 5) is 0. The van der Waals surface area contributed by atoms with E-state index in [9.17, 15) is 47.1 Å². The third kappa shape index (κ3) is 32.5. The number of hydrogen-bond acceptors (Lipinski definition) is 14. The van der Waals surface area contributed by atoms with E-state index < -0.39 is 54.5 Å². The van der Waals surface area contributed by atoms with Gasteiger partial charge < -0.3 is 0 Å². The Balaban J connectivity index is -0.000000256. The van der Waals surface area contributed by atoms with E-state index in [-0.39, 0.29) is 21.1 Å². The van der Waals surface area contributed by atoms with Gasteiger partial charge in [0.05, 0.1) is 0 Å². The van der Waals surface area contributed by atoms with Gasteiger partial charge in [-0.2, -0.15) is 0 Å². The molecule has 0 rings (SSSR count). The molecule has 0 saturated heterocycles. The smallest absolute Gasteiger partial charge is 4.00 e. The molecule has 0 heterocycles. The van der Waals surface area contributed by atoms with Crippen molar-refractivity contribution in [1.29, 1.82) is 0 Å². The summed E-state index contributed by atoms with van der Waals surface area (Å²) >= 11 is -24.3. The van der Waals surface area contributed by atoms with E-state index in [0.29, 0.717) is 0 Å². The quantitative estimate of drug-likeness (QED) is 0.286. The summed E-state index contributed by atoms with van der Waals surface area (Å²) in [6.07, 6.45) is 0. The van der Waals surface area contributed by atoms with Crippen molar-refractivity contribution < 1.29 is 128 Å². The fourth-order valence-corrected chi connectivity index (χ4v) is 3.47. The van der Waals surface area contributed by atoms with Gasteiger partial charge in [0.1, 0.15) is 0 Å². The minimum Gasteiger partial charge on any atom is 4.00 e. The van der Waals surface area contributed by atoms with E-state index in [2.05, 4.69) is 5.68 Å². The fourth-order valence-electron chi connectivity index (χ4n) is 0.204. The molecule has 0 spiro atoms. The Morgan fingerprint density at radius 2 is 0.579 bits per heavy atom. The van der Waals surface area contributed by atoms with Crippen molar-refractivity contribution in [3.63, 3.8) is 0 Å². The van der Waals surface area contributed by atoms with E-state index in [4.69, 9.17) is 0 Å². The molecule has 114 valence electrons. The van der Waals surface area contributed by atoms with Gasteiger partial charge in [-0.1, -0.05) is 0 Å². The van der Waals surface area contributed by atoms with Crippen LogP contribution in [0.15, 0.2) is 0 Å². The molecule has 0 amide bonds. The molecule has 19 heavy (non-hydrogen) atoms. The standard InChI is InChI=1S/4Cr.14O.W/q;;;;;;;;;;;;;;4*-1;+4.